The smallest absolute Gasteiger partial charge is 0.306 e. The molecule has 0 aromatic heterocycles. The van der Waals surface area contributed by atoms with Crippen molar-refractivity contribution >= 4 is 11.9 Å². The number of carbonyl (C=O) groups excluding carboxylic acids is 1. The summed E-state index contributed by atoms with van der Waals surface area (Å²) in [6.07, 6.45) is 6.43. The molecule has 1 saturated heterocycles. The van der Waals surface area contributed by atoms with Crippen molar-refractivity contribution in [3.8, 4) is 0 Å². The average molecular weight is 253 g/mol. The van der Waals surface area contributed by atoms with Crippen LogP contribution in [0.2, 0.25) is 0 Å². The molecule has 0 spiro atoms. The van der Waals surface area contributed by atoms with Crippen LogP contribution in [0.15, 0.2) is 12.2 Å². The zero-order valence-electron chi connectivity index (χ0n) is 10.4. The second-order valence-electron chi connectivity index (χ2n) is 4.86. The lowest BCUT2D eigenvalue weighted by molar-refractivity contribution is -0.150. The molecule has 1 aliphatic carbocycles. The van der Waals surface area contributed by atoms with Crippen LogP contribution in [0.25, 0.3) is 0 Å². The van der Waals surface area contributed by atoms with Gasteiger partial charge in [0.05, 0.1) is 19.1 Å². The van der Waals surface area contributed by atoms with Gasteiger partial charge in [0, 0.05) is 19.0 Å². The molecule has 100 valence electrons. The summed E-state index contributed by atoms with van der Waals surface area (Å²) in [6.45, 7) is 1.42. The highest BCUT2D eigenvalue weighted by atomic mass is 16.5. The number of carbonyl (C=O) groups is 2. The van der Waals surface area contributed by atoms with Crippen molar-refractivity contribution in [3.63, 3.8) is 0 Å². The highest BCUT2D eigenvalue weighted by Crippen LogP contribution is 2.22. The van der Waals surface area contributed by atoms with Gasteiger partial charge >= 0.3 is 5.97 Å². The van der Waals surface area contributed by atoms with Crippen LogP contribution in [-0.2, 0) is 14.3 Å². The lowest BCUT2D eigenvalue weighted by Gasteiger charge is -2.34. The number of allylic oxidation sites excluding steroid dienone is 2. The van der Waals surface area contributed by atoms with Crippen LogP contribution in [0.4, 0.5) is 0 Å². The molecule has 1 aliphatic heterocycles. The van der Waals surface area contributed by atoms with Crippen molar-refractivity contribution in [3.05, 3.63) is 12.2 Å². The molecule has 1 amide bonds. The van der Waals surface area contributed by atoms with Gasteiger partial charge in [-0.2, -0.15) is 0 Å². The predicted octanol–water partition coefficient (Wildman–Crippen LogP) is 1.04. The summed E-state index contributed by atoms with van der Waals surface area (Å²) in [5.74, 6) is -0.661. The molecule has 2 rings (SSSR count). The number of carboxylic acid groups (broad SMARTS) is 1. The molecular formula is C13H19NO4. The van der Waals surface area contributed by atoms with E-state index >= 15 is 0 Å². The number of ether oxygens (including phenoxy) is 1. The third-order valence-corrected chi connectivity index (χ3v) is 3.47. The lowest BCUT2D eigenvalue weighted by atomic mass is 9.93. The van der Waals surface area contributed by atoms with E-state index in [1.165, 1.54) is 0 Å². The fraction of sp³-hybridized carbons (Fsp3) is 0.692. The van der Waals surface area contributed by atoms with Gasteiger partial charge in [0.25, 0.3) is 0 Å². The monoisotopic (exact) mass is 253 g/mol. The molecule has 0 unspecified atom stereocenters. The topological polar surface area (TPSA) is 66.8 Å². The Bertz CT molecular complexity index is 353. The lowest BCUT2D eigenvalue weighted by Crippen LogP contribution is -2.48. The Hall–Kier alpha value is -1.36. The second-order valence-corrected chi connectivity index (χ2v) is 4.86. The largest absolute Gasteiger partial charge is 0.481 e. The fourth-order valence-electron chi connectivity index (χ4n) is 2.51. The fourth-order valence-corrected chi connectivity index (χ4v) is 2.51. The molecule has 5 heteroatoms. The standard InChI is InChI=1S/C13H19NO4/c15-12(16)8-11-9-14(6-7-18-11)13(17)10-4-2-1-3-5-10/h1-2,10-11H,3-9H2,(H,15,16)/t10-,11+/m1/s1. The number of nitrogens with zero attached hydrogens (tertiary/aromatic N) is 1. The van der Waals surface area contributed by atoms with Crippen LogP contribution in [0.5, 0.6) is 0 Å². The SMILES string of the molecule is O=C(O)C[C@H]1CN(C(=O)[C@@H]2CC=CCC2)CCO1. The summed E-state index contributed by atoms with van der Waals surface area (Å²) in [7, 11) is 0. The Morgan fingerprint density at radius 1 is 1.39 bits per heavy atom. The van der Waals surface area contributed by atoms with E-state index in [2.05, 4.69) is 12.2 Å². The number of morpholine rings is 1. The Morgan fingerprint density at radius 2 is 2.22 bits per heavy atom. The molecule has 0 saturated carbocycles. The molecule has 0 bridgehead atoms. The second kappa shape index (κ2) is 6.00. The molecule has 0 radical (unpaired) electrons. The molecule has 18 heavy (non-hydrogen) atoms. The third kappa shape index (κ3) is 3.32. The van der Waals surface area contributed by atoms with Gasteiger partial charge < -0.3 is 14.7 Å². The Kier molecular flexibility index (Phi) is 4.36. The van der Waals surface area contributed by atoms with E-state index in [-0.39, 0.29) is 24.3 Å². The number of amides is 1. The summed E-state index contributed by atoms with van der Waals surface area (Å²) < 4.78 is 5.37. The van der Waals surface area contributed by atoms with Crippen molar-refractivity contribution in [2.75, 3.05) is 19.7 Å². The molecular weight excluding hydrogens is 234 g/mol. The van der Waals surface area contributed by atoms with E-state index in [9.17, 15) is 9.59 Å². The van der Waals surface area contributed by atoms with Gasteiger partial charge in [-0.25, -0.2) is 0 Å². The molecule has 0 aromatic rings. The minimum Gasteiger partial charge on any atom is -0.481 e. The minimum atomic E-state index is -0.880. The van der Waals surface area contributed by atoms with Crippen LogP contribution in [-0.4, -0.2) is 47.7 Å². The molecule has 1 heterocycles. The van der Waals surface area contributed by atoms with Gasteiger partial charge in [-0.1, -0.05) is 12.2 Å². The first-order chi connectivity index (χ1) is 8.66. The predicted molar refractivity (Wildman–Crippen MR) is 65.1 cm³/mol. The van der Waals surface area contributed by atoms with Crippen molar-refractivity contribution in [1.82, 2.24) is 4.90 Å². The summed E-state index contributed by atoms with van der Waals surface area (Å²) in [6, 6.07) is 0. The van der Waals surface area contributed by atoms with Crippen molar-refractivity contribution in [1.29, 1.82) is 0 Å². The van der Waals surface area contributed by atoms with Crippen LogP contribution in [0.1, 0.15) is 25.7 Å². The number of rotatable bonds is 3. The third-order valence-electron chi connectivity index (χ3n) is 3.47. The van der Waals surface area contributed by atoms with E-state index in [0.717, 1.165) is 19.3 Å². The van der Waals surface area contributed by atoms with Crippen molar-refractivity contribution in [2.24, 2.45) is 5.92 Å². The summed E-state index contributed by atoms with van der Waals surface area (Å²) >= 11 is 0. The van der Waals surface area contributed by atoms with Crippen LogP contribution < -0.4 is 0 Å². The maximum absolute atomic E-state index is 12.3. The molecule has 1 N–H and O–H groups in total. The van der Waals surface area contributed by atoms with E-state index in [4.69, 9.17) is 9.84 Å². The zero-order valence-corrected chi connectivity index (χ0v) is 10.4. The molecule has 5 nitrogen and oxygen atoms in total. The van der Waals surface area contributed by atoms with Gasteiger partial charge in [-0.05, 0) is 19.3 Å². The first-order valence-corrected chi connectivity index (χ1v) is 6.44. The Morgan fingerprint density at radius 3 is 2.89 bits per heavy atom. The number of hydrogen-bond acceptors (Lipinski definition) is 3. The van der Waals surface area contributed by atoms with Gasteiger partial charge in [0.2, 0.25) is 5.91 Å². The van der Waals surface area contributed by atoms with Gasteiger partial charge in [0.15, 0.2) is 0 Å². The highest BCUT2D eigenvalue weighted by Gasteiger charge is 2.30. The maximum Gasteiger partial charge on any atom is 0.306 e. The summed E-state index contributed by atoms with van der Waals surface area (Å²) in [5, 5.41) is 8.75. The molecule has 2 atom stereocenters. The van der Waals surface area contributed by atoms with E-state index in [1.54, 1.807) is 4.90 Å². The number of carboxylic acids is 1. The molecule has 1 fully saturated rings. The Balaban J connectivity index is 1.89. The van der Waals surface area contributed by atoms with Crippen molar-refractivity contribution in [2.45, 2.75) is 31.8 Å². The van der Waals surface area contributed by atoms with Gasteiger partial charge in [0.1, 0.15) is 0 Å². The Labute approximate surface area is 106 Å². The van der Waals surface area contributed by atoms with E-state index < -0.39 is 5.97 Å². The van der Waals surface area contributed by atoms with Gasteiger partial charge in [-0.15, -0.1) is 0 Å². The zero-order chi connectivity index (χ0) is 13.0. The first kappa shape index (κ1) is 13.1. The number of hydrogen-bond donors (Lipinski definition) is 1. The molecule has 0 aromatic carbocycles. The normalized spacial score (nSPS) is 28.1. The average Bonchev–Trinajstić information content (AvgIpc) is 2.38. The van der Waals surface area contributed by atoms with Crippen LogP contribution >= 0.6 is 0 Å². The van der Waals surface area contributed by atoms with Gasteiger partial charge in [-0.3, -0.25) is 9.59 Å². The van der Waals surface area contributed by atoms with E-state index in [0.29, 0.717) is 19.7 Å². The summed E-state index contributed by atoms with van der Waals surface area (Å²) in [4.78, 5) is 24.7. The summed E-state index contributed by atoms with van der Waals surface area (Å²) in [5.41, 5.74) is 0. The first-order valence-electron chi connectivity index (χ1n) is 6.44. The van der Waals surface area contributed by atoms with E-state index in [1.807, 2.05) is 0 Å². The van der Waals surface area contributed by atoms with Crippen LogP contribution in [0, 0.1) is 5.92 Å². The maximum atomic E-state index is 12.3. The quantitative estimate of drug-likeness (QED) is 0.763. The highest BCUT2D eigenvalue weighted by molar-refractivity contribution is 5.79. The molecule has 2 aliphatic rings. The number of aliphatic carboxylic acids is 1. The van der Waals surface area contributed by atoms with Crippen LogP contribution in [0.3, 0.4) is 0 Å². The van der Waals surface area contributed by atoms with Crippen molar-refractivity contribution < 1.29 is 19.4 Å². The minimum absolute atomic E-state index is 0.0334.